The molecule has 1 N–H and O–H groups in total. The molecule has 1 saturated heterocycles. The minimum Gasteiger partial charge on any atom is -0.489 e. The Balaban J connectivity index is 1.52. The summed E-state index contributed by atoms with van der Waals surface area (Å²) in [7, 11) is 0. The molecule has 0 unspecified atom stereocenters. The molecule has 0 bridgehead atoms. The van der Waals surface area contributed by atoms with Gasteiger partial charge < -0.3 is 15.0 Å². The van der Waals surface area contributed by atoms with E-state index in [0.29, 0.717) is 42.3 Å². The number of amides is 2. The lowest BCUT2D eigenvalue weighted by Crippen LogP contribution is -2.46. The molecule has 31 heavy (non-hydrogen) atoms. The number of nitriles is 1. The highest BCUT2D eigenvalue weighted by Gasteiger charge is 2.24. The first-order valence-electron chi connectivity index (χ1n) is 10.8. The van der Waals surface area contributed by atoms with Gasteiger partial charge in [-0.1, -0.05) is 38.1 Å². The van der Waals surface area contributed by atoms with Crippen molar-refractivity contribution in [2.45, 2.75) is 45.8 Å². The van der Waals surface area contributed by atoms with Gasteiger partial charge in [0.05, 0.1) is 11.6 Å². The number of hydrogen-bond acceptors (Lipinski definition) is 4. The maximum Gasteiger partial charge on any atom is 0.251 e. The van der Waals surface area contributed by atoms with Gasteiger partial charge in [-0.25, -0.2) is 0 Å². The van der Waals surface area contributed by atoms with Gasteiger partial charge in [0.2, 0.25) is 5.91 Å². The van der Waals surface area contributed by atoms with Crippen molar-refractivity contribution in [3.63, 3.8) is 0 Å². The first-order valence-corrected chi connectivity index (χ1v) is 10.8. The minimum absolute atomic E-state index is 0.0580. The Morgan fingerprint density at radius 2 is 1.90 bits per heavy atom. The molecule has 2 amide bonds. The van der Waals surface area contributed by atoms with Crippen LogP contribution >= 0.6 is 0 Å². The predicted molar refractivity (Wildman–Crippen MR) is 118 cm³/mol. The maximum atomic E-state index is 12.7. The van der Waals surface area contributed by atoms with E-state index in [4.69, 9.17) is 4.74 Å². The fourth-order valence-electron chi connectivity index (χ4n) is 3.66. The second kappa shape index (κ2) is 10.6. The number of benzene rings is 2. The second-order valence-corrected chi connectivity index (χ2v) is 8.31. The van der Waals surface area contributed by atoms with Crippen molar-refractivity contribution < 1.29 is 14.3 Å². The zero-order chi connectivity index (χ0) is 22.2. The molecule has 6 nitrogen and oxygen atoms in total. The summed E-state index contributed by atoms with van der Waals surface area (Å²) in [4.78, 5) is 26.8. The molecular weight excluding hydrogens is 390 g/mol. The van der Waals surface area contributed by atoms with E-state index >= 15 is 0 Å². The van der Waals surface area contributed by atoms with Crippen molar-refractivity contribution in [1.82, 2.24) is 10.2 Å². The lowest BCUT2D eigenvalue weighted by atomic mass is 10.0. The van der Waals surface area contributed by atoms with Crippen LogP contribution in [0.3, 0.4) is 0 Å². The van der Waals surface area contributed by atoms with Crippen LogP contribution in [0.2, 0.25) is 0 Å². The third-order valence-corrected chi connectivity index (χ3v) is 5.39. The number of nitrogens with zero attached hydrogens (tertiary/aromatic N) is 2. The van der Waals surface area contributed by atoms with E-state index in [1.807, 2.05) is 36.9 Å². The van der Waals surface area contributed by atoms with Crippen molar-refractivity contribution >= 4 is 11.8 Å². The molecule has 1 fully saturated rings. The average Bonchev–Trinajstić information content (AvgIpc) is 2.78. The van der Waals surface area contributed by atoms with Crippen LogP contribution in [0, 0.1) is 17.2 Å². The molecule has 0 atom stereocenters. The number of piperidine rings is 1. The highest BCUT2D eigenvalue weighted by molar-refractivity contribution is 5.94. The lowest BCUT2D eigenvalue weighted by Gasteiger charge is -2.33. The SMILES string of the molecule is CC(C)CC(=O)N1CCC(NC(=O)c2cccc(OCc3ccccc3C#N)c2)CC1. The Morgan fingerprint density at radius 3 is 2.61 bits per heavy atom. The topological polar surface area (TPSA) is 82.4 Å². The van der Waals surface area contributed by atoms with Crippen molar-refractivity contribution in [1.29, 1.82) is 5.26 Å². The first kappa shape index (κ1) is 22.4. The monoisotopic (exact) mass is 419 g/mol. The van der Waals surface area contributed by atoms with Gasteiger partial charge in [-0.3, -0.25) is 9.59 Å². The molecule has 0 spiro atoms. The van der Waals surface area contributed by atoms with Crippen LogP contribution < -0.4 is 10.1 Å². The van der Waals surface area contributed by atoms with Crippen LogP contribution in [-0.4, -0.2) is 35.8 Å². The van der Waals surface area contributed by atoms with Crippen molar-refractivity contribution in [2.75, 3.05) is 13.1 Å². The molecule has 2 aromatic carbocycles. The van der Waals surface area contributed by atoms with Crippen molar-refractivity contribution in [3.05, 3.63) is 65.2 Å². The Labute approximate surface area is 183 Å². The van der Waals surface area contributed by atoms with E-state index in [0.717, 1.165) is 18.4 Å². The molecule has 0 aromatic heterocycles. The molecule has 1 aliphatic rings. The van der Waals surface area contributed by atoms with Crippen LogP contribution in [0.4, 0.5) is 0 Å². The van der Waals surface area contributed by atoms with Gasteiger partial charge in [0.25, 0.3) is 5.91 Å². The summed E-state index contributed by atoms with van der Waals surface area (Å²) in [6, 6.07) is 16.6. The van der Waals surface area contributed by atoms with Gasteiger partial charge in [0, 0.05) is 36.7 Å². The van der Waals surface area contributed by atoms with Crippen LogP contribution in [0.25, 0.3) is 0 Å². The van der Waals surface area contributed by atoms with Gasteiger partial charge in [-0.05, 0) is 43.0 Å². The zero-order valence-corrected chi connectivity index (χ0v) is 18.1. The van der Waals surface area contributed by atoms with E-state index in [1.165, 1.54) is 0 Å². The number of nitrogens with one attached hydrogen (secondary N) is 1. The average molecular weight is 420 g/mol. The summed E-state index contributed by atoms with van der Waals surface area (Å²) < 4.78 is 5.81. The number of carbonyl (C=O) groups excluding carboxylic acids is 2. The number of rotatable bonds is 7. The van der Waals surface area contributed by atoms with Gasteiger partial charge in [-0.15, -0.1) is 0 Å². The van der Waals surface area contributed by atoms with Gasteiger partial charge in [-0.2, -0.15) is 5.26 Å². The molecule has 1 heterocycles. The summed E-state index contributed by atoms with van der Waals surface area (Å²) in [6.07, 6.45) is 2.09. The van der Waals surface area contributed by atoms with Gasteiger partial charge in [0.1, 0.15) is 12.4 Å². The van der Waals surface area contributed by atoms with E-state index in [1.54, 1.807) is 30.3 Å². The molecular formula is C25H29N3O3. The quantitative estimate of drug-likeness (QED) is 0.738. The third-order valence-electron chi connectivity index (χ3n) is 5.39. The fraction of sp³-hybridized carbons (Fsp3) is 0.400. The van der Waals surface area contributed by atoms with Crippen LogP contribution in [0.1, 0.15) is 54.6 Å². The summed E-state index contributed by atoms with van der Waals surface area (Å²) in [6.45, 7) is 5.71. The normalized spacial score (nSPS) is 14.2. The predicted octanol–water partition coefficient (Wildman–Crippen LogP) is 3.90. The minimum atomic E-state index is -0.144. The second-order valence-electron chi connectivity index (χ2n) is 8.31. The third kappa shape index (κ3) is 6.32. The summed E-state index contributed by atoms with van der Waals surface area (Å²) in [5.74, 6) is 0.986. The Hall–Kier alpha value is -3.33. The highest BCUT2D eigenvalue weighted by Crippen LogP contribution is 2.18. The number of hydrogen-bond donors (Lipinski definition) is 1. The molecule has 0 saturated carbocycles. The number of likely N-dealkylation sites (tertiary alicyclic amines) is 1. The van der Waals surface area contributed by atoms with E-state index in [9.17, 15) is 14.9 Å². The first-order chi connectivity index (χ1) is 15.0. The summed E-state index contributed by atoms with van der Waals surface area (Å²) >= 11 is 0. The zero-order valence-electron chi connectivity index (χ0n) is 18.1. The van der Waals surface area contributed by atoms with E-state index in [-0.39, 0.29) is 24.5 Å². The molecule has 2 aromatic rings. The van der Waals surface area contributed by atoms with Crippen molar-refractivity contribution in [3.8, 4) is 11.8 Å². The van der Waals surface area contributed by atoms with Gasteiger partial charge in [0.15, 0.2) is 0 Å². The Kier molecular flexibility index (Phi) is 7.66. The lowest BCUT2D eigenvalue weighted by molar-refractivity contribution is -0.133. The molecule has 0 aliphatic carbocycles. The van der Waals surface area contributed by atoms with E-state index < -0.39 is 0 Å². The Bertz CT molecular complexity index is 956. The molecule has 1 aliphatic heterocycles. The molecule has 0 radical (unpaired) electrons. The van der Waals surface area contributed by atoms with Crippen molar-refractivity contribution in [2.24, 2.45) is 5.92 Å². The van der Waals surface area contributed by atoms with E-state index in [2.05, 4.69) is 11.4 Å². The standard InChI is InChI=1S/C25H29N3O3/c1-18(2)14-24(29)28-12-10-22(11-13-28)27-25(30)19-8-5-9-23(15-19)31-17-21-7-4-3-6-20(21)16-26/h3-9,15,18,22H,10-14,17H2,1-2H3,(H,27,30). The fourth-order valence-corrected chi connectivity index (χ4v) is 3.66. The number of ether oxygens (including phenoxy) is 1. The summed E-state index contributed by atoms with van der Waals surface area (Å²) in [5.41, 5.74) is 1.91. The molecule has 6 heteroatoms. The van der Waals surface area contributed by atoms with Crippen LogP contribution in [0.15, 0.2) is 48.5 Å². The van der Waals surface area contributed by atoms with Gasteiger partial charge >= 0.3 is 0 Å². The molecule has 162 valence electrons. The number of carbonyl (C=O) groups is 2. The summed E-state index contributed by atoms with van der Waals surface area (Å²) in [5, 5.41) is 12.3. The largest absolute Gasteiger partial charge is 0.489 e. The highest BCUT2D eigenvalue weighted by atomic mass is 16.5. The van der Waals surface area contributed by atoms with Crippen LogP contribution in [0.5, 0.6) is 5.75 Å². The van der Waals surface area contributed by atoms with Crippen LogP contribution in [-0.2, 0) is 11.4 Å². The smallest absolute Gasteiger partial charge is 0.251 e. The maximum absolute atomic E-state index is 12.7. The molecule has 3 rings (SSSR count). The Morgan fingerprint density at radius 1 is 1.16 bits per heavy atom.